The Morgan fingerprint density at radius 1 is 1.32 bits per heavy atom. The van der Waals surface area contributed by atoms with Crippen molar-refractivity contribution in [2.75, 3.05) is 46.6 Å². The first-order chi connectivity index (χ1) is 12.2. The van der Waals surface area contributed by atoms with Crippen molar-refractivity contribution < 1.29 is 23.5 Å². The van der Waals surface area contributed by atoms with Crippen molar-refractivity contribution in [3.63, 3.8) is 0 Å². The van der Waals surface area contributed by atoms with E-state index in [0.29, 0.717) is 37.8 Å². The van der Waals surface area contributed by atoms with Crippen molar-refractivity contribution >= 4 is 5.97 Å². The predicted molar refractivity (Wildman–Crippen MR) is 88.1 cm³/mol. The summed E-state index contributed by atoms with van der Waals surface area (Å²) in [6.07, 6.45) is 3.26. The number of rotatable bonds is 6. The fourth-order valence-corrected chi connectivity index (χ4v) is 3.51. The summed E-state index contributed by atoms with van der Waals surface area (Å²) in [7, 11) is 1.68. The van der Waals surface area contributed by atoms with Gasteiger partial charge in [0, 0.05) is 39.3 Å². The van der Waals surface area contributed by atoms with Crippen LogP contribution in [0, 0.1) is 0 Å². The topological polar surface area (TPSA) is 86.9 Å². The fraction of sp³-hybridized carbons (Fsp3) is 0.824. The average molecular weight is 353 g/mol. The van der Waals surface area contributed by atoms with Crippen molar-refractivity contribution in [1.82, 2.24) is 15.0 Å². The molecular formula is C17H27N3O5. The Bertz CT molecular complexity index is 562. The first-order valence-electron chi connectivity index (χ1n) is 9.02. The van der Waals surface area contributed by atoms with E-state index in [9.17, 15) is 4.79 Å². The third-order valence-electron chi connectivity index (χ3n) is 5.13. The van der Waals surface area contributed by atoms with Crippen LogP contribution in [0.5, 0.6) is 0 Å². The standard InChI is InChI=1S/C17H27N3O5/c1-3-24-14(21)12-20-8-6-17(22-2,7-9-20)16-18-15(19-25-16)13-4-10-23-11-5-13/h13H,3-12H2,1-2H3. The Labute approximate surface area is 147 Å². The molecule has 8 heteroatoms. The van der Waals surface area contributed by atoms with Gasteiger partial charge >= 0.3 is 5.97 Å². The first kappa shape index (κ1) is 18.3. The highest BCUT2D eigenvalue weighted by atomic mass is 16.5. The van der Waals surface area contributed by atoms with E-state index < -0.39 is 5.60 Å². The van der Waals surface area contributed by atoms with Gasteiger partial charge in [-0.15, -0.1) is 0 Å². The molecular weight excluding hydrogens is 326 g/mol. The molecule has 0 aliphatic carbocycles. The normalized spacial score (nSPS) is 22.0. The second kappa shape index (κ2) is 8.25. The minimum absolute atomic E-state index is 0.188. The summed E-state index contributed by atoms with van der Waals surface area (Å²) in [4.78, 5) is 18.4. The third kappa shape index (κ3) is 4.19. The molecule has 0 unspecified atom stereocenters. The molecule has 3 rings (SSSR count). The summed E-state index contributed by atoms with van der Waals surface area (Å²) in [6.45, 7) is 5.47. The van der Waals surface area contributed by atoms with E-state index in [4.69, 9.17) is 18.7 Å². The quantitative estimate of drug-likeness (QED) is 0.711. The van der Waals surface area contributed by atoms with E-state index in [1.54, 1.807) is 7.11 Å². The zero-order valence-electron chi connectivity index (χ0n) is 15.0. The molecule has 2 fully saturated rings. The number of hydrogen-bond acceptors (Lipinski definition) is 8. The monoisotopic (exact) mass is 353 g/mol. The highest BCUT2D eigenvalue weighted by molar-refractivity contribution is 5.71. The number of hydrogen-bond donors (Lipinski definition) is 0. The summed E-state index contributed by atoms with van der Waals surface area (Å²) in [5, 5.41) is 4.19. The number of nitrogens with zero attached hydrogens (tertiary/aromatic N) is 3. The maximum Gasteiger partial charge on any atom is 0.320 e. The zero-order chi connectivity index (χ0) is 17.7. The van der Waals surface area contributed by atoms with Crippen molar-refractivity contribution in [1.29, 1.82) is 0 Å². The Balaban J connectivity index is 1.62. The van der Waals surface area contributed by atoms with Crippen LogP contribution in [-0.4, -0.2) is 67.6 Å². The van der Waals surface area contributed by atoms with Gasteiger partial charge in [-0.2, -0.15) is 4.98 Å². The highest BCUT2D eigenvalue weighted by Gasteiger charge is 2.42. The lowest BCUT2D eigenvalue weighted by atomic mass is 9.90. The van der Waals surface area contributed by atoms with Crippen molar-refractivity contribution in [2.24, 2.45) is 0 Å². The van der Waals surface area contributed by atoms with Gasteiger partial charge in [-0.3, -0.25) is 9.69 Å². The summed E-state index contributed by atoms with van der Waals surface area (Å²) >= 11 is 0. The van der Waals surface area contributed by atoms with E-state index in [1.165, 1.54) is 0 Å². The van der Waals surface area contributed by atoms with Crippen molar-refractivity contribution in [3.8, 4) is 0 Å². The van der Waals surface area contributed by atoms with Crippen LogP contribution in [-0.2, 0) is 24.6 Å². The SMILES string of the molecule is CCOC(=O)CN1CCC(OC)(c2nc(C3CCOCC3)no2)CC1. The summed E-state index contributed by atoms with van der Waals surface area (Å²) in [5.74, 6) is 1.41. The van der Waals surface area contributed by atoms with Gasteiger partial charge in [0.05, 0.1) is 13.2 Å². The van der Waals surface area contributed by atoms with Gasteiger partial charge in [-0.05, 0) is 32.6 Å². The van der Waals surface area contributed by atoms with Crippen LogP contribution < -0.4 is 0 Å². The van der Waals surface area contributed by atoms with Crippen LogP contribution in [0.1, 0.15) is 50.2 Å². The maximum absolute atomic E-state index is 11.6. The zero-order valence-corrected chi connectivity index (χ0v) is 15.0. The summed E-state index contributed by atoms with van der Waals surface area (Å²) < 4.78 is 21.8. The third-order valence-corrected chi connectivity index (χ3v) is 5.13. The Hall–Kier alpha value is -1.51. The number of aromatic nitrogens is 2. The van der Waals surface area contributed by atoms with Crippen molar-refractivity contribution in [3.05, 3.63) is 11.7 Å². The number of carbonyl (C=O) groups is 1. The van der Waals surface area contributed by atoms with Crippen LogP contribution >= 0.6 is 0 Å². The molecule has 0 radical (unpaired) electrons. The van der Waals surface area contributed by atoms with Crippen molar-refractivity contribution in [2.45, 2.75) is 44.1 Å². The molecule has 0 bridgehead atoms. The van der Waals surface area contributed by atoms with Gasteiger partial charge in [0.15, 0.2) is 5.82 Å². The summed E-state index contributed by atoms with van der Waals surface area (Å²) in [6, 6.07) is 0. The van der Waals surface area contributed by atoms with Gasteiger partial charge in [0.2, 0.25) is 0 Å². The van der Waals surface area contributed by atoms with Crippen LogP contribution in [0.25, 0.3) is 0 Å². The molecule has 1 aromatic heterocycles. The average Bonchev–Trinajstić information content (AvgIpc) is 3.14. The molecule has 1 aromatic rings. The number of esters is 1. The molecule has 0 saturated carbocycles. The number of methoxy groups -OCH3 is 1. The molecule has 2 aliphatic rings. The molecule has 140 valence electrons. The van der Waals surface area contributed by atoms with Crippen LogP contribution in [0.2, 0.25) is 0 Å². The highest BCUT2D eigenvalue weighted by Crippen LogP contribution is 2.36. The number of likely N-dealkylation sites (tertiary alicyclic amines) is 1. The minimum atomic E-state index is -0.568. The molecule has 0 N–H and O–H groups in total. The molecule has 25 heavy (non-hydrogen) atoms. The maximum atomic E-state index is 11.6. The Morgan fingerprint density at radius 3 is 2.68 bits per heavy atom. The van der Waals surface area contributed by atoms with E-state index in [2.05, 4.69) is 15.0 Å². The molecule has 0 aromatic carbocycles. The van der Waals surface area contributed by atoms with Gasteiger partial charge in [0.1, 0.15) is 5.60 Å². The van der Waals surface area contributed by atoms with Gasteiger partial charge < -0.3 is 18.7 Å². The molecule has 3 heterocycles. The molecule has 2 saturated heterocycles. The summed E-state index contributed by atoms with van der Waals surface area (Å²) in [5.41, 5.74) is -0.568. The van der Waals surface area contributed by atoms with E-state index >= 15 is 0 Å². The number of piperidine rings is 1. The van der Waals surface area contributed by atoms with Gasteiger partial charge in [0.25, 0.3) is 5.89 Å². The second-order valence-corrected chi connectivity index (χ2v) is 6.62. The molecule has 0 spiro atoms. The van der Waals surface area contributed by atoms with E-state index in [-0.39, 0.29) is 5.97 Å². The Kier molecular flexibility index (Phi) is 6.03. The largest absolute Gasteiger partial charge is 0.465 e. The molecule has 0 atom stereocenters. The smallest absolute Gasteiger partial charge is 0.320 e. The minimum Gasteiger partial charge on any atom is -0.465 e. The Morgan fingerprint density at radius 2 is 2.04 bits per heavy atom. The molecule has 8 nitrogen and oxygen atoms in total. The van der Waals surface area contributed by atoms with Crippen LogP contribution in [0.15, 0.2) is 4.52 Å². The van der Waals surface area contributed by atoms with Gasteiger partial charge in [-0.25, -0.2) is 0 Å². The number of ether oxygens (including phenoxy) is 3. The second-order valence-electron chi connectivity index (χ2n) is 6.62. The lowest BCUT2D eigenvalue weighted by Gasteiger charge is -2.37. The van der Waals surface area contributed by atoms with Gasteiger partial charge in [-0.1, -0.05) is 5.16 Å². The molecule has 0 amide bonds. The van der Waals surface area contributed by atoms with E-state index in [1.807, 2.05) is 6.92 Å². The lowest BCUT2D eigenvalue weighted by molar-refractivity contribution is -0.146. The lowest BCUT2D eigenvalue weighted by Crippen LogP contribution is -2.45. The van der Waals surface area contributed by atoms with E-state index in [0.717, 1.165) is 45.0 Å². The predicted octanol–water partition coefficient (Wildman–Crippen LogP) is 1.46. The first-order valence-corrected chi connectivity index (χ1v) is 9.02. The van der Waals surface area contributed by atoms with Crippen LogP contribution in [0.3, 0.4) is 0 Å². The molecule has 2 aliphatic heterocycles. The van der Waals surface area contributed by atoms with Crippen LogP contribution in [0.4, 0.5) is 0 Å². The number of carbonyl (C=O) groups excluding carboxylic acids is 1. The fourth-order valence-electron chi connectivity index (χ4n) is 3.51.